The molecule has 0 spiro atoms. The van der Waals surface area contributed by atoms with Gasteiger partial charge in [0.25, 0.3) is 0 Å². The van der Waals surface area contributed by atoms with Crippen molar-refractivity contribution in [2.45, 2.75) is 96.4 Å². The van der Waals surface area contributed by atoms with Gasteiger partial charge in [-0.3, -0.25) is 0 Å². The molecule has 3 rings (SSSR count). The van der Waals surface area contributed by atoms with E-state index in [1.807, 2.05) is 32.9 Å². The predicted molar refractivity (Wildman–Crippen MR) is 163 cm³/mol. The highest BCUT2D eigenvalue weighted by atomic mass is 35.5. The van der Waals surface area contributed by atoms with E-state index in [0.717, 1.165) is 5.75 Å². The lowest BCUT2D eigenvalue weighted by molar-refractivity contribution is 0.0993. The van der Waals surface area contributed by atoms with E-state index in [1.54, 1.807) is 18.2 Å². The molecule has 0 bridgehead atoms. The Morgan fingerprint density at radius 2 is 1.31 bits per heavy atom. The van der Waals surface area contributed by atoms with Gasteiger partial charge < -0.3 is 30.3 Å². The molecule has 1 unspecified atom stereocenters. The highest BCUT2D eigenvalue weighted by Gasteiger charge is 2.21. The predicted octanol–water partition coefficient (Wildman–Crippen LogP) is 6.59. The normalized spacial score (nSPS) is 15.8. The van der Waals surface area contributed by atoms with Crippen LogP contribution in [-0.4, -0.2) is 59.8 Å². The summed E-state index contributed by atoms with van der Waals surface area (Å²) in [6, 6.07) is 13.3. The van der Waals surface area contributed by atoms with E-state index in [4.69, 9.17) is 32.7 Å². The molecule has 39 heavy (non-hydrogen) atoms. The third-order valence-corrected chi connectivity index (χ3v) is 6.75. The lowest BCUT2D eigenvalue weighted by atomic mass is 9.97. The first-order chi connectivity index (χ1) is 18.2. The highest BCUT2D eigenvalue weighted by Crippen LogP contribution is 2.38. The smallest absolute Gasteiger partial charge is 0.139 e. The molecule has 220 valence electrons. The van der Waals surface area contributed by atoms with Crippen molar-refractivity contribution in [1.29, 1.82) is 0 Å². The van der Waals surface area contributed by atoms with Crippen LogP contribution in [0.2, 0.25) is 10.0 Å². The molecule has 0 amide bonds. The Balaban J connectivity index is 0.000000277. The van der Waals surface area contributed by atoms with Crippen molar-refractivity contribution in [3.05, 3.63) is 58.1 Å². The number of hydrogen-bond donors (Lipinski definition) is 4. The van der Waals surface area contributed by atoms with Gasteiger partial charge in [0, 0.05) is 35.3 Å². The molecule has 0 heterocycles. The number of rotatable bonds is 11. The topological polar surface area (TPSA) is 83.0 Å². The first-order valence-corrected chi connectivity index (χ1v) is 14.6. The van der Waals surface area contributed by atoms with Crippen LogP contribution in [0, 0.1) is 0 Å². The zero-order chi connectivity index (χ0) is 29.1. The number of aliphatic hydroxyl groups excluding tert-OH is 2. The summed E-state index contributed by atoms with van der Waals surface area (Å²) in [5, 5.41) is 27.3. The minimum Gasteiger partial charge on any atom is -0.491 e. The van der Waals surface area contributed by atoms with E-state index < -0.39 is 12.2 Å². The maximum atomic E-state index is 10.0. The average molecular weight is 584 g/mol. The maximum absolute atomic E-state index is 10.0. The van der Waals surface area contributed by atoms with Crippen LogP contribution in [0.1, 0.15) is 78.7 Å². The number of aliphatic hydroxyl groups is 2. The first-order valence-electron chi connectivity index (χ1n) is 13.9. The molecule has 0 aromatic heterocycles. The Morgan fingerprint density at radius 1 is 0.795 bits per heavy atom. The van der Waals surface area contributed by atoms with Gasteiger partial charge in [-0.15, -0.1) is 0 Å². The number of hydrogen-bond acceptors (Lipinski definition) is 6. The molecule has 0 aliphatic heterocycles. The number of β-amino-alcohol motifs (C(OH)–C–C–N with tert-alkyl or cyclic N) is 2. The van der Waals surface area contributed by atoms with Crippen LogP contribution in [0.15, 0.2) is 42.5 Å². The largest absolute Gasteiger partial charge is 0.491 e. The molecule has 2 atom stereocenters. The van der Waals surface area contributed by atoms with Crippen molar-refractivity contribution in [3.8, 4) is 11.5 Å². The van der Waals surface area contributed by atoms with Crippen molar-refractivity contribution >= 4 is 23.2 Å². The molecule has 6 nitrogen and oxygen atoms in total. The summed E-state index contributed by atoms with van der Waals surface area (Å²) in [7, 11) is 0. The van der Waals surface area contributed by atoms with Crippen LogP contribution in [0.3, 0.4) is 0 Å². The van der Waals surface area contributed by atoms with Gasteiger partial charge in [-0.1, -0.05) is 54.2 Å². The lowest BCUT2D eigenvalue weighted by Crippen LogP contribution is -2.42. The minimum atomic E-state index is -0.598. The fourth-order valence-corrected chi connectivity index (χ4v) is 4.45. The monoisotopic (exact) mass is 582 g/mol. The second kappa shape index (κ2) is 16.0. The number of nitrogens with one attached hydrogen (secondary N) is 2. The summed E-state index contributed by atoms with van der Waals surface area (Å²) in [5.41, 5.74) is 1.29. The summed E-state index contributed by atoms with van der Waals surface area (Å²) in [6.07, 6.45) is 4.07. The van der Waals surface area contributed by atoms with Crippen molar-refractivity contribution in [1.82, 2.24) is 10.6 Å². The Morgan fingerprint density at radius 3 is 1.85 bits per heavy atom. The van der Waals surface area contributed by atoms with Crippen LogP contribution in [0.4, 0.5) is 0 Å². The molecule has 0 radical (unpaired) electrons. The minimum absolute atomic E-state index is 0.0166. The van der Waals surface area contributed by atoms with Gasteiger partial charge in [0.15, 0.2) is 0 Å². The molecule has 1 aliphatic carbocycles. The zero-order valence-corrected chi connectivity index (χ0v) is 25.9. The average Bonchev–Trinajstić information content (AvgIpc) is 3.40. The Hall–Kier alpha value is -1.54. The van der Waals surface area contributed by atoms with Gasteiger partial charge in [-0.05, 0) is 84.1 Å². The van der Waals surface area contributed by atoms with Crippen LogP contribution < -0.4 is 20.1 Å². The molecule has 2 aromatic rings. The number of para-hydroxylation sites is 1. The van der Waals surface area contributed by atoms with E-state index in [9.17, 15) is 10.2 Å². The van der Waals surface area contributed by atoms with Gasteiger partial charge in [0.05, 0.1) is 5.02 Å². The molecular formula is C31H48Cl2N2O4. The van der Waals surface area contributed by atoms with Gasteiger partial charge in [0.2, 0.25) is 0 Å². The van der Waals surface area contributed by atoms with E-state index in [1.165, 1.54) is 31.2 Å². The zero-order valence-electron chi connectivity index (χ0n) is 24.4. The standard InChI is InChI=1S/C18H29NO2.C13H19Cl2NO2/c1-18(2,3)19-12-15(20)13-21-17-11-7-6-10-16(17)14-8-4-5-9-14;1-13(2,3)16-7-10(17)8-18-12-6-9(14)4-5-11(12)15/h6-7,10-11,14-15,19-20H,4-5,8-9,12-13H2,1-3H3;4-6,10,16-17H,7-8H2,1-3H3/t15-;/m0./s1. The van der Waals surface area contributed by atoms with Gasteiger partial charge in [-0.25, -0.2) is 0 Å². The molecule has 1 aliphatic rings. The molecule has 2 aromatic carbocycles. The Bertz CT molecular complexity index is 985. The Labute approximate surface area is 245 Å². The van der Waals surface area contributed by atoms with Crippen LogP contribution in [0.25, 0.3) is 0 Å². The third-order valence-electron chi connectivity index (χ3n) is 6.21. The number of benzene rings is 2. The van der Waals surface area contributed by atoms with E-state index >= 15 is 0 Å². The molecule has 4 N–H and O–H groups in total. The number of ether oxygens (including phenoxy) is 2. The summed E-state index contributed by atoms with van der Waals surface area (Å²) in [4.78, 5) is 0. The van der Waals surface area contributed by atoms with E-state index in [2.05, 4.69) is 43.5 Å². The number of halogens is 2. The fourth-order valence-electron chi connectivity index (χ4n) is 4.11. The van der Waals surface area contributed by atoms with E-state index in [0.29, 0.717) is 41.4 Å². The summed E-state index contributed by atoms with van der Waals surface area (Å²) < 4.78 is 11.3. The van der Waals surface area contributed by atoms with Crippen molar-refractivity contribution in [2.75, 3.05) is 26.3 Å². The highest BCUT2D eigenvalue weighted by molar-refractivity contribution is 6.34. The second-order valence-electron chi connectivity index (χ2n) is 12.3. The van der Waals surface area contributed by atoms with Crippen molar-refractivity contribution in [3.63, 3.8) is 0 Å². The fraction of sp³-hybridized carbons (Fsp3) is 0.613. The van der Waals surface area contributed by atoms with Gasteiger partial charge in [0.1, 0.15) is 36.9 Å². The maximum Gasteiger partial charge on any atom is 0.139 e. The third kappa shape index (κ3) is 14.1. The molecule has 8 heteroatoms. The van der Waals surface area contributed by atoms with Crippen molar-refractivity contribution < 1.29 is 19.7 Å². The van der Waals surface area contributed by atoms with Crippen molar-refractivity contribution in [2.24, 2.45) is 0 Å². The lowest BCUT2D eigenvalue weighted by Gasteiger charge is -2.23. The van der Waals surface area contributed by atoms with Crippen LogP contribution in [0.5, 0.6) is 11.5 Å². The van der Waals surface area contributed by atoms with Crippen LogP contribution in [-0.2, 0) is 0 Å². The molecule has 1 saturated carbocycles. The van der Waals surface area contributed by atoms with E-state index in [-0.39, 0.29) is 17.7 Å². The summed E-state index contributed by atoms with van der Waals surface area (Å²) >= 11 is 11.8. The first kappa shape index (κ1) is 33.7. The summed E-state index contributed by atoms with van der Waals surface area (Å²) in [5.74, 6) is 2.06. The molecule has 0 saturated heterocycles. The summed E-state index contributed by atoms with van der Waals surface area (Å²) in [6.45, 7) is 13.9. The SMILES string of the molecule is CC(C)(C)NCC(O)COc1cc(Cl)ccc1Cl.CC(C)(C)NC[C@H](O)COc1ccccc1C1CCCC1. The van der Waals surface area contributed by atoms with Gasteiger partial charge in [-0.2, -0.15) is 0 Å². The molecule has 1 fully saturated rings. The second-order valence-corrected chi connectivity index (χ2v) is 13.1. The van der Waals surface area contributed by atoms with Gasteiger partial charge >= 0.3 is 0 Å². The van der Waals surface area contributed by atoms with Crippen LogP contribution >= 0.6 is 23.2 Å². The quantitative estimate of drug-likeness (QED) is 0.239. The molecular weight excluding hydrogens is 535 g/mol. The Kier molecular flexibility index (Phi) is 13.8.